The zero-order chi connectivity index (χ0) is 20.0. The van der Waals surface area contributed by atoms with Gasteiger partial charge in [0.2, 0.25) is 0 Å². The molecular formula is C22H25N7. The molecule has 0 unspecified atom stereocenters. The Morgan fingerprint density at radius 3 is 2.52 bits per heavy atom. The van der Waals surface area contributed by atoms with Crippen LogP contribution in [0.1, 0.15) is 41.1 Å². The molecule has 3 aromatic heterocycles. The summed E-state index contributed by atoms with van der Waals surface area (Å²) in [7, 11) is 0. The molecule has 29 heavy (non-hydrogen) atoms. The maximum absolute atomic E-state index is 9.66. The van der Waals surface area contributed by atoms with Crippen molar-refractivity contribution in [2.45, 2.75) is 39.5 Å². The highest BCUT2D eigenvalue weighted by Crippen LogP contribution is 2.27. The van der Waals surface area contributed by atoms with E-state index < -0.39 is 0 Å². The van der Waals surface area contributed by atoms with Crippen LogP contribution in [0, 0.1) is 25.2 Å². The predicted octanol–water partition coefficient (Wildman–Crippen LogP) is 2.82. The topological polar surface area (TPSA) is 73.3 Å². The van der Waals surface area contributed by atoms with Gasteiger partial charge in [0.1, 0.15) is 17.7 Å². The van der Waals surface area contributed by atoms with Gasteiger partial charge in [0.15, 0.2) is 5.65 Å². The smallest absolute Gasteiger partial charge is 0.154 e. The molecular weight excluding hydrogens is 362 g/mol. The van der Waals surface area contributed by atoms with Gasteiger partial charge in [0.25, 0.3) is 0 Å². The average molecular weight is 387 g/mol. The van der Waals surface area contributed by atoms with Gasteiger partial charge in [-0.05, 0) is 63.3 Å². The van der Waals surface area contributed by atoms with Crippen LogP contribution in [-0.4, -0.2) is 45.8 Å². The molecule has 0 bridgehead atoms. The van der Waals surface area contributed by atoms with E-state index in [0.717, 1.165) is 67.7 Å². The summed E-state index contributed by atoms with van der Waals surface area (Å²) in [6, 6.07) is 8.53. The number of piperazine rings is 1. The van der Waals surface area contributed by atoms with E-state index in [4.69, 9.17) is 10.1 Å². The van der Waals surface area contributed by atoms with Crippen molar-refractivity contribution < 1.29 is 0 Å². The molecule has 0 aromatic carbocycles. The Bertz CT molecular complexity index is 1120. The van der Waals surface area contributed by atoms with Crippen molar-refractivity contribution in [3.8, 4) is 6.07 Å². The lowest BCUT2D eigenvalue weighted by atomic mass is 9.95. The van der Waals surface area contributed by atoms with Gasteiger partial charge in [-0.3, -0.25) is 0 Å². The summed E-state index contributed by atoms with van der Waals surface area (Å²) in [6.07, 6.45) is 4.47. The van der Waals surface area contributed by atoms with Gasteiger partial charge in [-0.15, -0.1) is 5.10 Å². The van der Waals surface area contributed by atoms with E-state index in [1.54, 1.807) is 0 Å². The van der Waals surface area contributed by atoms with Crippen LogP contribution in [-0.2, 0) is 12.8 Å². The summed E-state index contributed by atoms with van der Waals surface area (Å²) in [5.74, 6) is 1.83. The van der Waals surface area contributed by atoms with E-state index in [1.165, 1.54) is 24.1 Å². The average Bonchev–Trinajstić information content (AvgIpc) is 3.06. The molecule has 0 spiro atoms. The van der Waals surface area contributed by atoms with Gasteiger partial charge < -0.3 is 9.80 Å². The molecule has 0 radical (unpaired) electrons. The van der Waals surface area contributed by atoms with Crippen molar-refractivity contribution in [1.29, 1.82) is 5.26 Å². The van der Waals surface area contributed by atoms with Gasteiger partial charge in [-0.1, -0.05) is 0 Å². The molecule has 1 fully saturated rings. The molecule has 0 atom stereocenters. The molecule has 0 saturated carbocycles. The van der Waals surface area contributed by atoms with E-state index in [0.29, 0.717) is 5.56 Å². The Morgan fingerprint density at radius 1 is 0.966 bits per heavy atom. The molecule has 7 heteroatoms. The van der Waals surface area contributed by atoms with Crippen molar-refractivity contribution >= 4 is 17.3 Å². The van der Waals surface area contributed by atoms with Crippen LogP contribution in [0.15, 0.2) is 18.2 Å². The maximum atomic E-state index is 9.66. The first-order chi connectivity index (χ1) is 14.1. The zero-order valence-electron chi connectivity index (χ0n) is 17.0. The summed E-state index contributed by atoms with van der Waals surface area (Å²) in [4.78, 5) is 14.0. The number of nitriles is 1. The Morgan fingerprint density at radius 2 is 1.72 bits per heavy atom. The SMILES string of the molecule is Cc1nc2ccc(N3CCN(c4nc5c(cc4C#N)CCCC5)CC3)nn2c1C. The molecule has 4 heterocycles. The van der Waals surface area contributed by atoms with Crippen LogP contribution in [0.25, 0.3) is 5.65 Å². The lowest BCUT2D eigenvalue weighted by Gasteiger charge is -2.36. The number of nitrogens with zero attached hydrogens (tertiary/aromatic N) is 7. The fourth-order valence-electron chi connectivity index (χ4n) is 4.41. The number of pyridine rings is 1. The summed E-state index contributed by atoms with van der Waals surface area (Å²) < 4.78 is 1.93. The predicted molar refractivity (Wildman–Crippen MR) is 112 cm³/mol. The molecule has 1 aliphatic carbocycles. The van der Waals surface area contributed by atoms with Crippen LogP contribution < -0.4 is 9.80 Å². The van der Waals surface area contributed by atoms with Crippen LogP contribution >= 0.6 is 0 Å². The van der Waals surface area contributed by atoms with Crippen molar-refractivity contribution in [3.63, 3.8) is 0 Å². The van der Waals surface area contributed by atoms with Crippen LogP contribution in [0.2, 0.25) is 0 Å². The lowest BCUT2D eigenvalue weighted by Crippen LogP contribution is -2.47. The van der Waals surface area contributed by atoms with E-state index in [1.807, 2.05) is 17.5 Å². The third kappa shape index (κ3) is 3.09. The van der Waals surface area contributed by atoms with E-state index in [-0.39, 0.29) is 0 Å². The molecule has 2 aliphatic rings. The Kier molecular flexibility index (Phi) is 4.35. The molecule has 0 amide bonds. The van der Waals surface area contributed by atoms with Crippen molar-refractivity contribution in [2.24, 2.45) is 0 Å². The number of fused-ring (bicyclic) bond motifs is 2. The fraction of sp³-hybridized carbons (Fsp3) is 0.455. The summed E-state index contributed by atoms with van der Waals surface area (Å²) >= 11 is 0. The summed E-state index contributed by atoms with van der Waals surface area (Å²) in [5, 5.41) is 14.5. The minimum absolute atomic E-state index is 0.711. The highest BCUT2D eigenvalue weighted by atomic mass is 15.4. The number of imidazole rings is 1. The number of hydrogen-bond acceptors (Lipinski definition) is 6. The first-order valence-electron chi connectivity index (χ1n) is 10.4. The van der Waals surface area contributed by atoms with E-state index in [9.17, 15) is 5.26 Å². The monoisotopic (exact) mass is 387 g/mol. The van der Waals surface area contributed by atoms with Crippen molar-refractivity contribution in [1.82, 2.24) is 19.6 Å². The number of aromatic nitrogens is 4. The summed E-state index contributed by atoms with van der Waals surface area (Å²) in [6.45, 7) is 7.45. The number of aryl methyl sites for hydroxylation is 4. The number of rotatable bonds is 2. The highest BCUT2D eigenvalue weighted by molar-refractivity contribution is 5.58. The largest absolute Gasteiger partial charge is 0.352 e. The van der Waals surface area contributed by atoms with Gasteiger partial charge in [0.05, 0.1) is 17.0 Å². The van der Waals surface area contributed by atoms with Gasteiger partial charge >= 0.3 is 0 Å². The number of anilines is 2. The molecule has 0 N–H and O–H groups in total. The maximum Gasteiger partial charge on any atom is 0.154 e. The quantitative estimate of drug-likeness (QED) is 0.673. The van der Waals surface area contributed by atoms with Crippen molar-refractivity contribution in [2.75, 3.05) is 36.0 Å². The Hall–Kier alpha value is -3.14. The van der Waals surface area contributed by atoms with Gasteiger partial charge in [-0.2, -0.15) is 5.26 Å². The van der Waals surface area contributed by atoms with Gasteiger partial charge in [0, 0.05) is 31.9 Å². The Balaban J connectivity index is 1.37. The third-order valence-electron chi connectivity index (χ3n) is 6.23. The number of hydrogen-bond donors (Lipinski definition) is 0. The minimum Gasteiger partial charge on any atom is -0.352 e. The molecule has 1 aliphatic heterocycles. The molecule has 5 rings (SSSR count). The second-order valence-corrected chi connectivity index (χ2v) is 8.00. The standard InChI is InChI=1S/C22H25N7/c1-15-16(2)29-20(24-15)7-8-21(26-29)27-9-11-28(12-10-27)22-18(14-23)13-17-5-3-4-6-19(17)25-22/h7-8,13H,3-6,9-12H2,1-2H3. The zero-order valence-corrected chi connectivity index (χ0v) is 17.0. The van der Waals surface area contributed by atoms with E-state index in [2.05, 4.69) is 39.9 Å². The minimum atomic E-state index is 0.711. The van der Waals surface area contributed by atoms with Crippen LogP contribution in [0.5, 0.6) is 0 Å². The lowest BCUT2D eigenvalue weighted by molar-refractivity contribution is 0.626. The fourth-order valence-corrected chi connectivity index (χ4v) is 4.41. The second kappa shape index (κ2) is 7.03. The highest BCUT2D eigenvalue weighted by Gasteiger charge is 2.24. The second-order valence-electron chi connectivity index (χ2n) is 8.00. The first kappa shape index (κ1) is 17.9. The molecule has 148 valence electrons. The van der Waals surface area contributed by atoms with Crippen molar-refractivity contribution in [3.05, 3.63) is 46.4 Å². The van der Waals surface area contributed by atoms with Crippen LogP contribution in [0.3, 0.4) is 0 Å². The van der Waals surface area contributed by atoms with E-state index >= 15 is 0 Å². The van der Waals surface area contributed by atoms with Gasteiger partial charge in [-0.25, -0.2) is 14.5 Å². The van der Waals surface area contributed by atoms with Crippen LogP contribution in [0.4, 0.5) is 11.6 Å². The Labute approximate surface area is 170 Å². The molecule has 3 aromatic rings. The molecule has 1 saturated heterocycles. The normalized spacial score (nSPS) is 16.7. The molecule has 7 nitrogen and oxygen atoms in total. The summed E-state index contributed by atoms with van der Waals surface area (Å²) in [5.41, 5.74) is 6.14. The third-order valence-corrected chi connectivity index (χ3v) is 6.23. The first-order valence-corrected chi connectivity index (χ1v) is 10.4.